The molecule has 0 aliphatic carbocycles. The third-order valence-corrected chi connectivity index (χ3v) is 13.2. The van der Waals surface area contributed by atoms with Gasteiger partial charge in [0.15, 0.2) is 13.9 Å². The number of carbonyl (C=O) groups excluding carboxylic acids is 2. The molecule has 50 heavy (non-hydrogen) atoms. The summed E-state index contributed by atoms with van der Waals surface area (Å²) in [5.74, 6) is -0.508. The second-order valence-corrected chi connectivity index (χ2v) is 18.8. The molecule has 11 nitrogen and oxygen atoms in total. The molecule has 1 saturated heterocycles. The summed E-state index contributed by atoms with van der Waals surface area (Å²) < 4.78 is 9.53. The van der Waals surface area contributed by atoms with Gasteiger partial charge in [-0.2, -0.15) is 5.10 Å². The van der Waals surface area contributed by atoms with Crippen LogP contribution in [0.15, 0.2) is 88.6 Å². The van der Waals surface area contributed by atoms with Gasteiger partial charge in [0.2, 0.25) is 5.91 Å². The molecule has 4 heterocycles. The van der Waals surface area contributed by atoms with Crippen LogP contribution in [0.25, 0.3) is 0 Å². The van der Waals surface area contributed by atoms with Crippen LogP contribution in [0.3, 0.4) is 0 Å². The number of aryl methyl sites for hydroxylation is 1. The van der Waals surface area contributed by atoms with Crippen LogP contribution in [0, 0.1) is 5.92 Å². The third kappa shape index (κ3) is 6.26. The molecule has 0 unspecified atom stereocenters. The van der Waals surface area contributed by atoms with E-state index in [2.05, 4.69) is 26.2 Å². The minimum Gasteiger partial charge on any atom is -0.432 e. The van der Waals surface area contributed by atoms with E-state index >= 15 is 0 Å². The predicted octanol–water partition coefficient (Wildman–Crippen LogP) is 5.54. The molecule has 260 valence electrons. The number of amides is 2. The summed E-state index contributed by atoms with van der Waals surface area (Å²) in [6.45, 7) is 6.67. The summed E-state index contributed by atoms with van der Waals surface area (Å²) in [4.78, 5) is 41.1. The first-order chi connectivity index (χ1) is 24.0. The van der Waals surface area contributed by atoms with Gasteiger partial charge in [-0.15, -0.1) is 5.10 Å². The topological polar surface area (TPSA) is 133 Å². The van der Waals surface area contributed by atoms with Crippen molar-refractivity contribution in [3.05, 3.63) is 106 Å². The number of aromatic nitrogens is 3. The van der Waals surface area contributed by atoms with E-state index in [1.165, 1.54) is 5.01 Å². The molecule has 1 spiro atoms. The molecule has 13 heteroatoms. The lowest BCUT2D eigenvalue weighted by atomic mass is 9.82. The number of hydrazone groups is 1. The lowest BCUT2D eigenvalue weighted by molar-refractivity contribution is -0.146. The largest absolute Gasteiger partial charge is 0.432 e. The molecule has 1 fully saturated rings. The maximum Gasteiger partial charge on any atom is 0.264 e. The van der Waals surface area contributed by atoms with Gasteiger partial charge in [-0.25, -0.2) is 5.01 Å². The normalized spacial score (nSPS) is 23.6. The minimum absolute atomic E-state index is 0.00314. The number of nitrogens with zero attached hydrogens (tertiary/aromatic N) is 6. The highest BCUT2D eigenvalue weighted by Gasteiger charge is 2.66. The van der Waals surface area contributed by atoms with Crippen LogP contribution < -0.4 is 9.91 Å². The Morgan fingerprint density at radius 3 is 2.52 bits per heavy atom. The molecule has 0 radical (unpaired) electrons. The number of hydrogen-bond donors (Lipinski definition) is 2. The van der Waals surface area contributed by atoms with Crippen LogP contribution in [-0.2, 0) is 39.4 Å². The second kappa shape index (κ2) is 13.6. The monoisotopic (exact) mass is 756 g/mol. The molecule has 2 N–H and O–H groups in total. The number of anilines is 2. The Kier molecular flexibility index (Phi) is 9.37. The van der Waals surface area contributed by atoms with Crippen LogP contribution in [0.5, 0.6) is 0 Å². The van der Waals surface area contributed by atoms with E-state index in [9.17, 15) is 19.5 Å². The number of ether oxygens (including phenoxy) is 1. The molecule has 4 atom stereocenters. The van der Waals surface area contributed by atoms with Crippen LogP contribution in [0.1, 0.15) is 48.6 Å². The van der Waals surface area contributed by atoms with Gasteiger partial charge in [0.1, 0.15) is 0 Å². The highest BCUT2D eigenvalue weighted by atomic mass is 79.9. The van der Waals surface area contributed by atoms with Crippen LogP contribution >= 0.6 is 15.9 Å². The molecule has 4 aromatic rings. The highest BCUT2D eigenvalue weighted by Crippen LogP contribution is 2.60. The zero-order valence-electron chi connectivity index (χ0n) is 28.4. The van der Waals surface area contributed by atoms with Crippen molar-refractivity contribution in [3.63, 3.8) is 0 Å². The van der Waals surface area contributed by atoms with Crippen LogP contribution in [0.2, 0.25) is 18.6 Å². The maximum absolute atomic E-state index is 14.8. The highest BCUT2D eigenvalue weighted by molar-refractivity contribution is 9.10. The zero-order chi connectivity index (χ0) is 35.2. The summed E-state index contributed by atoms with van der Waals surface area (Å²) in [5.41, 5.74) is 4.22. The molecule has 1 aromatic heterocycles. The standard InChI is InChI=1S/C37H41BrN6O5Si/c1-24-35(50(2,3)48)33(17-19-42-23-28(18-20-45)39-41-42)49-37(24)30-21-27(38)11-15-32(30)43(36(37)47)22-25-9-12-29(13-10-25)44-34(46)16-14-31(40-44)26-7-5-4-6-8-26/h4-13,15,21,23-24,33,35,45,48H,14,16-20,22H2,1-3H3/t24-,33+,35-,37+/m1/s1. The van der Waals surface area contributed by atoms with E-state index in [1.54, 1.807) is 9.58 Å². The summed E-state index contributed by atoms with van der Waals surface area (Å²) in [6, 6.07) is 23.4. The van der Waals surface area contributed by atoms with Gasteiger partial charge < -0.3 is 19.5 Å². The minimum atomic E-state index is -2.83. The molecule has 3 aliphatic heterocycles. The van der Waals surface area contributed by atoms with Crippen LogP contribution in [-0.4, -0.2) is 63.5 Å². The summed E-state index contributed by atoms with van der Waals surface area (Å²) in [6.07, 6.45) is 3.37. The first-order valence-electron chi connectivity index (χ1n) is 17.1. The average molecular weight is 758 g/mol. The Morgan fingerprint density at radius 1 is 1.04 bits per heavy atom. The molecule has 3 aromatic carbocycles. The van der Waals surface area contributed by atoms with Crippen molar-refractivity contribution in [2.75, 3.05) is 16.5 Å². The lowest BCUT2D eigenvalue weighted by Crippen LogP contribution is -2.46. The van der Waals surface area contributed by atoms with Gasteiger partial charge in [0.05, 0.1) is 35.4 Å². The number of rotatable bonds is 10. The first-order valence-corrected chi connectivity index (χ1v) is 20.9. The van der Waals surface area contributed by atoms with E-state index < -0.39 is 13.9 Å². The molecule has 2 amide bonds. The number of aliphatic hydroxyl groups excluding tert-OH is 1. The Hall–Kier alpha value is -4.01. The first kappa shape index (κ1) is 34.4. The quantitative estimate of drug-likeness (QED) is 0.203. The van der Waals surface area contributed by atoms with Crippen molar-refractivity contribution in [2.45, 2.75) is 76.0 Å². The molecule has 0 bridgehead atoms. The number of hydrogen-bond acceptors (Lipinski definition) is 8. The van der Waals surface area contributed by atoms with Crippen molar-refractivity contribution in [1.29, 1.82) is 0 Å². The van der Waals surface area contributed by atoms with Crippen LogP contribution in [0.4, 0.5) is 11.4 Å². The van der Waals surface area contributed by atoms with E-state index in [0.29, 0.717) is 50.2 Å². The fourth-order valence-corrected chi connectivity index (χ4v) is 10.9. The van der Waals surface area contributed by atoms with Gasteiger partial charge in [-0.3, -0.25) is 14.3 Å². The Balaban J connectivity index is 1.16. The Labute approximate surface area is 300 Å². The SMILES string of the molecule is C[C@@H]1[C@@H]([Si](C)(C)O)[C@H](CCn2cc(CCO)nn2)O[C@@]12C(=O)N(Cc1ccc(N3N=C(c4ccccc4)CCC3=O)cc1)c1ccc(Br)cc12. The summed E-state index contributed by atoms with van der Waals surface area (Å²) >= 11 is 3.63. The van der Waals surface area contributed by atoms with E-state index in [4.69, 9.17) is 9.84 Å². The number of halogens is 1. The smallest absolute Gasteiger partial charge is 0.264 e. The van der Waals surface area contributed by atoms with Gasteiger partial charge in [0.25, 0.3) is 5.91 Å². The van der Waals surface area contributed by atoms with E-state index in [-0.39, 0.29) is 36.0 Å². The summed E-state index contributed by atoms with van der Waals surface area (Å²) in [5, 5.41) is 23.8. The van der Waals surface area contributed by atoms with E-state index in [0.717, 1.165) is 32.6 Å². The number of benzene rings is 3. The summed E-state index contributed by atoms with van der Waals surface area (Å²) in [7, 11) is -2.83. The molecular formula is C37H41BrN6O5Si. The number of carbonyl (C=O) groups is 2. The lowest BCUT2D eigenvalue weighted by Gasteiger charge is -2.32. The maximum atomic E-state index is 14.8. The molecule has 7 rings (SSSR count). The van der Waals surface area contributed by atoms with Gasteiger partial charge in [-0.05, 0) is 61.0 Å². The molecule has 0 saturated carbocycles. The van der Waals surface area contributed by atoms with Crippen molar-refractivity contribution in [2.24, 2.45) is 11.0 Å². The Bertz CT molecular complexity index is 1930. The van der Waals surface area contributed by atoms with Crippen molar-refractivity contribution in [1.82, 2.24) is 15.0 Å². The fraction of sp³-hybridized carbons (Fsp3) is 0.378. The Morgan fingerprint density at radius 2 is 1.80 bits per heavy atom. The predicted molar refractivity (Wildman–Crippen MR) is 196 cm³/mol. The zero-order valence-corrected chi connectivity index (χ0v) is 31.0. The van der Waals surface area contributed by atoms with Crippen molar-refractivity contribution in [3.8, 4) is 0 Å². The fourth-order valence-electron chi connectivity index (χ4n) is 7.93. The van der Waals surface area contributed by atoms with Gasteiger partial charge >= 0.3 is 0 Å². The van der Waals surface area contributed by atoms with Crippen molar-refractivity contribution < 1.29 is 24.2 Å². The van der Waals surface area contributed by atoms with Crippen molar-refractivity contribution >= 4 is 53.1 Å². The third-order valence-electron chi connectivity index (χ3n) is 10.2. The van der Waals surface area contributed by atoms with E-state index in [1.807, 2.05) is 99.0 Å². The second-order valence-electron chi connectivity index (χ2n) is 13.9. The molecular weight excluding hydrogens is 716 g/mol. The molecule has 3 aliphatic rings. The average Bonchev–Trinajstić information content (AvgIpc) is 3.74. The number of aliphatic hydroxyl groups is 1. The van der Waals surface area contributed by atoms with Gasteiger partial charge in [-0.1, -0.05) is 70.5 Å². The van der Waals surface area contributed by atoms with Gasteiger partial charge in [0, 0.05) is 60.1 Å². The number of fused-ring (bicyclic) bond motifs is 2.